The number of hydrogen-bond donors (Lipinski definition) is 1. The van der Waals surface area contributed by atoms with E-state index in [0.717, 1.165) is 5.75 Å². The molecule has 0 atom stereocenters. The smallest absolute Gasteiger partial charge is 0.145 e. The molecule has 0 unspecified atom stereocenters. The van der Waals surface area contributed by atoms with Crippen LogP contribution in [0.4, 0.5) is 5.82 Å². The van der Waals surface area contributed by atoms with Crippen LogP contribution in [0.3, 0.4) is 0 Å². The van der Waals surface area contributed by atoms with Crippen molar-refractivity contribution in [3.8, 4) is 11.5 Å². The van der Waals surface area contributed by atoms with Gasteiger partial charge in [-0.1, -0.05) is 32.9 Å². The maximum atomic E-state index is 5.68. The van der Waals surface area contributed by atoms with Crippen LogP contribution in [0.15, 0.2) is 42.6 Å². The molecule has 0 saturated carbocycles. The third-order valence-electron chi connectivity index (χ3n) is 2.72. The second-order valence-corrected chi connectivity index (χ2v) is 5.30. The van der Waals surface area contributed by atoms with Crippen LogP contribution in [0.25, 0.3) is 0 Å². The average molecular weight is 242 g/mol. The molecule has 2 rings (SSSR count). The van der Waals surface area contributed by atoms with Crippen molar-refractivity contribution in [1.29, 1.82) is 0 Å². The van der Waals surface area contributed by atoms with Crippen molar-refractivity contribution >= 4 is 5.82 Å². The fourth-order valence-corrected chi connectivity index (χ4v) is 1.61. The Balaban J connectivity index is 2.13. The van der Waals surface area contributed by atoms with Crippen LogP contribution in [0.5, 0.6) is 11.5 Å². The third kappa shape index (κ3) is 3.00. The molecule has 94 valence electrons. The van der Waals surface area contributed by atoms with E-state index in [4.69, 9.17) is 10.5 Å². The van der Waals surface area contributed by atoms with Gasteiger partial charge in [0, 0.05) is 0 Å². The van der Waals surface area contributed by atoms with Crippen LogP contribution in [-0.4, -0.2) is 4.98 Å². The van der Waals surface area contributed by atoms with E-state index >= 15 is 0 Å². The molecule has 0 saturated heterocycles. The minimum absolute atomic E-state index is 0.154. The summed E-state index contributed by atoms with van der Waals surface area (Å²) in [5.41, 5.74) is 6.96. The number of hydrogen-bond acceptors (Lipinski definition) is 3. The highest BCUT2D eigenvalue weighted by molar-refractivity contribution is 5.37. The average Bonchev–Trinajstić information content (AvgIpc) is 2.32. The molecule has 0 aliphatic carbocycles. The van der Waals surface area contributed by atoms with Gasteiger partial charge in [-0.2, -0.15) is 0 Å². The van der Waals surface area contributed by atoms with E-state index < -0.39 is 0 Å². The molecular formula is C15H18N2O. The van der Waals surface area contributed by atoms with Crippen LogP contribution in [0.2, 0.25) is 0 Å². The standard InChI is InChI=1S/C15H18N2O/c1-15(2,3)11-4-6-12(7-5-11)18-13-8-9-14(16)17-10-13/h4-10H,1-3H3,(H2,16,17). The first-order valence-corrected chi connectivity index (χ1v) is 5.95. The summed E-state index contributed by atoms with van der Waals surface area (Å²) in [5, 5.41) is 0. The van der Waals surface area contributed by atoms with Crippen LogP contribution in [0, 0.1) is 0 Å². The third-order valence-corrected chi connectivity index (χ3v) is 2.72. The molecule has 0 aliphatic heterocycles. The summed E-state index contributed by atoms with van der Waals surface area (Å²) >= 11 is 0. The van der Waals surface area contributed by atoms with Crippen molar-refractivity contribution in [3.05, 3.63) is 48.2 Å². The van der Waals surface area contributed by atoms with Crippen LogP contribution < -0.4 is 10.5 Å². The molecule has 1 aromatic carbocycles. The lowest BCUT2D eigenvalue weighted by atomic mass is 9.87. The fourth-order valence-electron chi connectivity index (χ4n) is 1.61. The summed E-state index contributed by atoms with van der Waals surface area (Å²) in [6, 6.07) is 11.6. The number of nitrogens with two attached hydrogens (primary N) is 1. The molecule has 0 aliphatic rings. The zero-order chi connectivity index (χ0) is 13.2. The van der Waals surface area contributed by atoms with Gasteiger partial charge in [-0.05, 0) is 35.2 Å². The molecule has 0 spiro atoms. The van der Waals surface area contributed by atoms with Crippen molar-refractivity contribution in [2.24, 2.45) is 0 Å². The second-order valence-electron chi connectivity index (χ2n) is 5.30. The maximum absolute atomic E-state index is 5.68. The fraction of sp³-hybridized carbons (Fsp3) is 0.267. The quantitative estimate of drug-likeness (QED) is 0.872. The summed E-state index contributed by atoms with van der Waals surface area (Å²) in [6.45, 7) is 6.56. The number of pyridine rings is 1. The summed E-state index contributed by atoms with van der Waals surface area (Å²) in [4.78, 5) is 3.98. The Labute approximate surface area is 108 Å². The van der Waals surface area contributed by atoms with Gasteiger partial charge in [-0.25, -0.2) is 4.98 Å². The molecule has 2 N–H and O–H groups in total. The molecule has 0 amide bonds. The van der Waals surface area contributed by atoms with E-state index in [-0.39, 0.29) is 5.41 Å². The normalized spacial score (nSPS) is 11.3. The van der Waals surface area contributed by atoms with Crippen molar-refractivity contribution < 1.29 is 4.74 Å². The van der Waals surface area contributed by atoms with Gasteiger partial charge in [-0.3, -0.25) is 0 Å². The Morgan fingerprint density at radius 3 is 2.06 bits per heavy atom. The zero-order valence-electron chi connectivity index (χ0n) is 11.0. The van der Waals surface area contributed by atoms with E-state index in [1.807, 2.05) is 12.1 Å². The van der Waals surface area contributed by atoms with Gasteiger partial charge in [0.05, 0.1) is 6.20 Å². The van der Waals surface area contributed by atoms with E-state index in [1.54, 1.807) is 18.3 Å². The molecule has 2 aromatic rings. The van der Waals surface area contributed by atoms with Gasteiger partial charge < -0.3 is 10.5 Å². The largest absolute Gasteiger partial charge is 0.456 e. The highest BCUT2D eigenvalue weighted by atomic mass is 16.5. The number of aromatic nitrogens is 1. The monoisotopic (exact) mass is 242 g/mol. The molecule has 3 heteroatoms. The summed E-state index contributed by atoms with van der Waals surface area (Å²) in [5.74, 6) is 1.98. The number of ether oxygens (including phenoxy) is 1. The first-order chi connectivity index (χ1) is 8.45. The van der Waals surface area contributed by atoms with Crippen molar-refractivity contribution in [3.63, 3.8) is 0 Å². The molecule has 0 bridgehead atoms. The number of anilines is 1. The van der Waals surface area contributed by atoms with E-state index in [9.17, 15) is 0 Å². The number of nitrogens with zero attached hydrogens (tertiary/aromatic N) is 1. The summed E-state index contributed by atoms with van der Waals surface area (Å²) < 4.78 is 5.68. The minimum Gasteiger partial charge on any atom is -0.456 e. The Bertz CT molecular complexity index is 510. The van der Waals surface area contributed by atoms with Gasteiger partial charge in [-0.15, -0.1) is 0 Å². The van der Waals surface area contributed by atoms with Crippen LogP contribution in [0.1, 0.15) is 26.3 Å². The first-order valence-electron chi connectivity index (χ1n) is 5.95. The lowest BCUT2D eigenvalue weighted by molar-refractivity contribution is 0.479. The number of rotatable bonds is 2. The second kappa shape index (κ2) is 4.69. The molecule has 1 heterocycles. The lowest BCUT2D eigenvalue weighted by Gasteiger charge is -2.19. The maximum Gasteiger partial charge on any atom is 0.145 e. The molecule has 0 fully saturated rings. The van der Waals surface area contributed by atoms with Crippen molar-refractivity contribution in [2.45, 2.75) is 26.2 Å². The first kappa shape index (κ1) is 12.4. The van der Waals surface area contributed by atoms with Gasteiger partial charge in [0.2, 0.25) is 0 Å². The highest BCUT2D eigenvalue weighted by Gasteiger charge is 2.13. The molecule has 3 nitrogen and oxygen atoms in total. The molecule has 1 aromatic heterocycles. The zero-order valence-corrected chi connectivity index (χ0v) is 11.0. The number of nitrogen functional groups attached to an aromatic ring is 1. The Hall–Kier alpha value is -2.03. The predicted molar refractivity (Wildman–Crippen MR) is 73.9 cm³/mol. The Morgan fingerprint density at radius 1 is 0.944 bits per heavy atom. The highest BCUT2D eigenvalue weighted by Crippen LogP contribution is 2.26. The number of benzene rings is 1. The Kier molecular flexibility index (Phi) is 3.24. The summed E-state index contributed by atoms with van der Waals surface area (Å²) in [7, 11) is 0. The lowest BCUT2D eigenvalue weighted by Crippen LogP contribution is -2.10. The SMILES string of the molecule is CC(C)(C)c1ccc(Oc2ccc(N)nc2)cc1. The van der Waals surface area contributed by atoms with Crippen molar-refractivity contribution in [2.75, 3.05) is 5.73 Å². The topological polar surface area (TPSA) is 48.1 Å². The molecule has 18 heavy (non-hydrogen) atoms. The molecule has 0 radical (unpaired) electrons. The minimum atomic E-state index is 0.154. The predicted octanol–water partition coefficient (Wildman–Crippen LogP) is 3.75. The van der Waals surface area contributed by atoms with Gasteiger partial charge >= 0.3 is 0 Å². The van der Waals surface area contributed by atoms with E-state index in [0.29, 0.717) is 11.6 Å². The van der Waals surface area contributed by atoms with Gasteiger partial charge in [0.1, 0.15) is 17.3 Å². The van der Waals surface area contributed by atoms with E-state index in [1.165, 1.54) is 5.56 Å². The van der Waals surface area contributed by atoms with E-state index in [2.05, 4.69) is 37.9 Å². The van der Waals surface area contributed by atoms with Gasteiger partial charge in [0.15, 0.2) is 0 Å². The summed E-state index contributed by atoms with van der Waals surface area (Å²) in [6.07, 6.45) is 1.62. The van der Waals surface area contributed by atoms with Crippen LogP contribution in [-0.2, 0) is 5.41 Å². The van der Waals surface area contributed by atoms with Crippen LogP contribution >= 0.6 is 0 Å². The Morgan fingerprint density at radius 2 is 1.56 bits per heavy atom. The molecular weight excluding hydrogens is 224 g/mol. The van der Waals surface area contributed by atoms with Gasteiger partial charge in [0.25, 0.3) is 0 Å². The van der Waals surface area contributed by atoms with Crippen molar-refractivity contribution in [1.82, 2.24) is 4.98 Å².